The highest BCUT2D eigenvalue weighted by Crippen LogP contribution is 2.26. The number of carbonyl (C=O) groups is 2. The summed E-state index contributed by atoms with van der Waals surface area (Å²) in [5.74, 6) is 0.258. The summed E-state index contributed by atoms with van der Waals surface area (Å²) >= 11 is 0. The predicted octanol–water partition coefficient (Wildman–Crippen LogP) is 1.75. The maximum absolute atomic E-state index is 12.3. The number of aromatic nitrogens is 3. The van der Waals surface area contributed by atoms with Gasteiger partial charge in [0.1, 0.15) is 5.76 Å². The molecule has 0 bridgehead atoms. The molecule has 3 rings (SSSR count). The Bertz CT molecular complexity index is 733. The predicted molar refractivity (Wildman–Crippen MR) is 82.9 cm³/mol. The van der Waals surface area contributed by atoms with Crippen LogP contribution in [0.1, 0.15) is 32.1 Å². The monoisotopic (exact) mass is 317 g/mol. The van der Waals surface area contributed by atoms with E-state index < -0.39 is 5.92 Å². The molecule has 0 unspecified atom stereocenters. The van der Waals surface area contributed by atoms with Crippen molar-refractivity contribution in [2.45, 2.75) is 33.2 Å². The van der Waals surface area contributed by atoms with E-state index in [-0.39, 0.29) is 24.3 Å². The fourth-order valence-electron chi connectivity index (χ4n) is 2.54. The fraction of sp³-hybridized carbons (Fsp3) is 0.467. The van der Waals surface area contributed by atoms with Crippen molar-refractivity contribution in [1.82, 2.24) is 14.9 Å². The van der Waals surface area contributed by atoms with Gasteiger partial charge in [0, 0.05) is 31.3 Å². The first-order valence-electron chi connectivity index (χ1n) is 7.52. The van der Waals surface area contributed by atoms with Gasteiger partial charge in [-0.1, -0.05) is 5.16 Å². The highest BCUT2D eigenvalue weighted by molar-refractivity contribution is 6.03. The summed E-state index contributed by atoms with van der Waals surface area (Å²) in [6.45, 7) is 6.11. The molecular weight excluding hydrogens is 298 g/mol. The van der Waals surface area contributed by atoms with Crippen LogP contribution < -0.4 is 10.2 Å². The summed E-state index contributed by atoms with van der Waals surface area (Å²) in [6, 6.07) is 1.86. The topological polar surface area (TPSA) is 93.3 Å². The molecule has 2 amide bonds. The van der Waals surface area contributed by atoms with Crippen LogP contribution in [0.3, 0.4) is 0 Å². The number of aryl methyl sites for hydroxylation is 1. The van der Waals surface area contributed by atoms with E-state index in [9.17, 15) is 9.59 Å². The molecule has 0 aliphatic carbocycles. The van der Waals surface area contributed by atoms with Crippen molar-refractivity contribution in [3.05, 3.63) is 24.2 Å². The van der Waals surface area contributed by atoms with Gasteiger partial charge >= 0.3 is 0 Å². The highest BCUT2D eigenvalue weighted by atomic mass is 16.5. The molecule has 1 fully saturated rings. The number of carbonyl (C=O) groups excluding carboxylic acids is 2. The van der Waals surface area contributed by atoms with Crippen LogP contribution in [0.4, 0.5) is 11.5 Å². The molecule has 23 heavy (non-hydrogen) atoms. The Morgan fingerprint density at radius 2 is 2.26 bits per heavy atom. The lowest BCUT2D eigenvalue weighted by molar-refractivity contribution is -0.122. The van der Waals surface area contributed by atoms with Gasteiger partial charge in [0.2, 0.25) is 11.8 Å². The second-order valence-electron chi connectivity index (χ2n) is 5.99. The van der Waals surface area contributed by atoms with E-state index in [1.807, 2.05) is 20.0 Å². The van der Waals surface area contributed by atoms with E-state index in [0.717, 1.165) is 5.69 Å². The van der Waals surface area contributed by atoms with Crippen LogP contribution in [-0.4, -0.2) is 33.3 Å². The van der Waals surface area contributed by atoms with E-state index in [1.165, 1.54) is 0 Å². The quantitative estimate of drug-likeness (QED) is 0.927. The van der Waals surface area contributed by atoms with Crippen LogP contribution in [0.5, 0.6) is 0 Å². The molecule has 1 atom stereocenters. The van der Waals surface area contributed by atoms with Crippen molar-refractivity contribution >= 4 is 23.3 Å². The lowest BCUT2D eigenvalue weighted by Crippen LogP contribution is -2.28. The normalized spacial score (nSPS) is 18.0. The van der Waals surface area contributed by atoms with Gasteiger partial charge in [-0.25, -0.2) is 0 Å². The molecule has 8 nitrogen and oxygen atoms in total. The zero-order chi connectivity index (χ0) is 16.6. The Morgan fingerprint density at radius 1 is 1.48 bits per heavy atom. The largest absolute Gasteiger partial charge is 0.360 e. The average Bonchev–Trinajstić information content (AvgIpc) is 3.18. The third-order valence-electron chi connectivity index (χ3n) is 3.80. The van der Waals surface area contributed by atoms with Crippen LogP contribution in [0.25, 0.3) is 0 Å². The average molecular weight is 317 g/mol. The van der Waals surface area contributed by atoms with Gasteiger partial charge in [-0.2, -0.15) is 5.10 Å². The standard InChI is InChI=1S/C15H19N5O3/c1-9(2)20-8-12(6-16-20)19-7-11(5-14(19)21)15(22)17-13-4-10(3)23-18-13/h4,6,8-9,11H,5,7H2,1-3H3,(H,17,18,22)/t11-/m1/s1. The molecule has 1 N–H and O–H groups in total. The highest BCUT2D eigenvalue weighted by Gasteiger charge is 2.36. The van der Waals surface area contributed by atoms with Crippen molar-refractivity contribution in [2.24, 2.45) is 5.92 Å². The van der Waals surface area contributed by atoms with E-state index in [1.54, 1.807) is 28.8 Å². The minimum absolute atomic E-state index is 0.0789. The van der Waals surface area contributed by atoms with E-state index in [2.05, 4.69) is 15.6 Å². The molecule has 122 valence electrons. The molecular formula is C15H19N5O3. The number of nitrogens with one attached hydrogen (secondary N) is 1. The van der Waals surface area contributed by atoms with Crippen molar-refractivity contribution in [2.75, 3.05) is 16.8 Å². The molecule has 1 saturated heterocycles. The Kier molecular flexibility index (Phi) is 3.89. The zero-order valence-electron chi connectivity index (χ0n) is 13.3. The van der Waals surface area contributed by atoms with Gasteiger partial charge in [0.05, 0.1) is 17.8 Å². The fourth-order valence-corrected chi connectivity index (χ4v) is 2.54. The van der Waals surface area contributed by atoms with Gasteiger partial charge in [-0.3, -0.25) is 14.3 Å². The summed E-state index contributed by atoms with van der Waals surface area (Å²) in [4.78, 5) is 26.1. The first-order valence-corrected chi connectivity index (χ1v) is 7.52. The van der Waals surface area contributed by atoms with Gasteiger partial charge in [-0.05, 0) is 20.8 Å². The Labute approximate surface area is 133 Å². The first kappa shape index (κ1) is 15.3. The Balaban J connectivity index is 1.67. The van der Waals surface area contributed by atoms with Crippen LogP contribution in [0, 0.1) is 12.8 Å². The number of nitrogens with zero attached hydrogens (tertiary/aromatic N) is 4. The number of rotatable bonds is 4. The molecule has 0 saturated carbocycles. The van der Waals surface area contributed by atoms with E-state index >= 15 is 0 Å². The Morgan fingerprint density at radius 3 is 2.87 bits per heavy atom. The van der Waals surface area contributed by atoms with Crippen molar-refractivity contribution in [3.8, 4) is 0 Å². The molecule has 2 aromatic heterocycles. The molecule has 1 aliphatic rings. The molecule has 0 spiro atoms. The van der Waals surface area contributed by atoms with Gasteiger partial charge < -0.3 is 14.7 Å². The van der Waals surface area contributed by atoms with Crippen molar-refractivity contribution in [3.63, 3.8) is 0 Å². The third-order valence-corrected chi connectivity index (χ3v) is 3.80. The van der Waals surface area contributed by atoms with E-state index in [4.69, 9.17) is 4.52 Å². The second kappa shape index (κ2) is 5.86. The SMILES string of the molecule is Cc1cc(NC(=O)[C@@H]2CC(=O)N(c3cnn(C(C)C)c3)C2)no1. The minimum atomic E-state index is -0.415. The smallest absolute Gasteiger partial charge is 0.231 e. The second-order valence-corrected chi connectivity index (χ2v) is 5.99. The molecule has 1 aliphatic heterocycles. The first-order chi connectivity index (χ1) is 10.9. The number of anilines is 2. The minimum Gasteiger partial charge on any atom is -0.360 e. The van der Waals surface area contributed by atoms with Crippen LogP contribution >= 0.6 is 0 Å². The number of hydrogen-bond donors (Lipinski definition) is 1. The molecule has 0 radical (unpaired) electrons. The number of hydrogen-bond acceptors (Lipinski definition) is 5. The van der Waals surface area contributed by atoms with Crippen molar-refractivity contribution in [1.29, 1.82) is 0 Å². The molecule has 3 heterocycles. The van der Waals surface area contributed by atoms with Crippen molar-refractivity contribution < 1.29 is 14.1 Å². The summed E-state index contributed by atoms with van der Waals surface area (Å²) in [6.07, 6.45) is 3.65. The van der Waals surface area contributed by atoms with Gasteiger partial charge in [0.25, 0.3) is 0 Å². The summed E-state index contributed by atoms with van der Waals surface area (Å²) < 4.78 is 6.70. The number of amides is 2. The maximum atomic E-state index is 12.3. The third kappa shape index (κ3) is 3.10. The summed E-state index contributed by atoms with van der Waals surface area (Å²) in [5, 5.41) is 10.6. The van der Waals surface area contributed by atoms with Crippen LogP contribution in [0.15, 0.2) is 23.0 Å². The Hall–Kier alpha value is -2.64. The lowest BCUT2D eigenvalue weighted by Gasteiger charge is -2.14. The van der Waals surface area contributed by atoms with Crippen LogP contribution in [0.2, 0.25) is 0 Å². The lowest BCUT2D eigenvalue weighted by atomic mass is 10.1. The van der Waals surface area contributed by atoms with Crippen LogP contribution in [-0.2, 0) is 9.59 Å². The van der Waals surface area contributed by atoms with E-state index in [0.29, 0.717) is 18.1 Å². The zero-order valence-corrected chi connectivity index (χ0v) is 13.3. The summed E-state index contributed by atoms with van der Waals surface area (Å²) in [5.41, 5.74) is 0.719. The van der Waals surface area contributed by atoms with Gasteiger partial charge in [0.15, 0.2) is 5.82 Å². The molecule has 0 aromatic carbocycles. The molecule has 8 heteroatoms. The molecule has 2 aromatic rings. The maximum Gasteiger partial charge on any atom is 0.231 e. The summed E-state index contributed by atoms with van der Waals surface area (Å²) in [7, 11) is 0. The van der Waals surface area contributed by atoms with Gasteiger partial charge in [-0.15, -0.1) is 0 Å².